The topological polar surface area (TPSA) is 9.23 Å². The molecular formula is C15H18O. The van der Waals surface area contributed by atoms with Gasteiger partial charge in [0, 0.05) is 5.56 Å². The molecule has 1 aliphatic carbocycles. The minimum absolute atomic E-state index is 0.663. The summed E-state index contributed by atoms with van der Waals surface area (Å²) in [5, 5.41) is 0. The summed E-state index contributed by atoms with van der Waals surface area (Å²) in [6.45, 7) is 0. The summed E-state index contributed by atoms with van der Waals surface area (Å²) in [6, 6.07) is 6.14. The van der Waals surface area contributed by atoms with Crippen LogP contribution in [0.4, 0.5) is 0 Å². The average molecular weight is 214 g/mol. The van der Waals surface area contributed by atoms with E-state index in [-0.39, 0.29) is 0 Å². The Morgan fingerprint density at radius 1 is 1.25 bits per heavy atom. The van der Waals surface area contributed by atoms with E-state index in [2.05, 4.69) is 12.0 Å². The first kappa shape index (κ1) is 11.1. The molecule has 1 heteroatoms. The second-order valence-corrected chi connectivity index (χ2v) is 4.44. The predicted octanol–water partition coefficient (Wildman–Crippen LogP) is 3.72. The third-order valence-electron chi connectivity index (χ3n) is 3.45. The van der Waals surface area contributed by atoms with Gasteiger partial charge in [0.15, 0.2) is 0 Å². The number of hydrogen-bond acceptors (Lipinski definition) is 1. The van der Waals surface area contributed by atoms with E-state index in [0.717, 1.165) is 11.3 Å². The van der Waals surface area contributed by atoms with E-state index in [4.69, 9.17) is 11.2 Å². The van der Waals surface area contributed by atoms with Crippen molar-refractivity contribution < 1.29 is 4.74 Å². The summed E-state index contributed by atoms with van der Waals surface area (Å²) in [4.78, 5) is 0. The zero-order valence-corrected chi connectivity index (χ0v) is 9.83. The van der Waals surface area contributed by atoms with Crippen LogP contribution < -0.4 is 4.74 Å². The molecule has 0 saturated heterocycles. The maximum atomic E-state index is 5.45. The van der Waals surface area contributed by atoms with E-state index >= 15 is 0 Å². The molecule has 0 aliphatic heterocycles. The van der Waals surface area contributed by atoms with Crippen molar-refractivity contribution in [3.8, 4) is 18.1 Å². The molecule has 0 bridgehead atoms. The first-order valence-corrected chi connectivity index (χ1v) is 5.99. The second-order valence-electron chi connectivity index (χ2n) is 4.44. The number of terminal acetylenes is 1. The minimum Gasteiger partial charge on any atom is -0.496 e. The highest BCUT2D eigenvalue weighted by atomic mass is 16.5. The fraction of sp³-hybridized carbons (Fsp3) is 0.467. The quantitative estimate of drug-likeness (QED) is 0.682. The van der Waals surface area contributed by atoms with E-state index in [1.165, 1.54) is 37.7 Å². The number of methoxy groups -OCH3 is 1. The van der Waals surface area contributed by atoms with Crippen LogP contribution in [0.3, 0.4) is 0 Å². The van der Waals surface area contributed by atoms with Crippen LogP contribution in [0.25, 0.3) is 0 Å². The molecule has 1 fully saturated rings. The third kappa shape index (κ3) is 2.22. The van der Waals surface area contributed by atoms with Crippen molar-refractivity contribution in [3.05, 3.63) is 29.3 Å². The van der Waals surface area contributed by atoms with Gasteiger partial charge in [-0.1, -0.05) is 31.2 Å². The zero-order chi connectivity index (χ0) is 11.4. The fourth-order valence-electron chi connectivity index (χ4n) is 2.55. The molecule has 1 saturated carbocycles. The predicted molar refractivity (Wildman–Crippen MR) is 66.8 cm³/mol. The van der Waals surface area contributed by atoms with Crippen LogP contribution in [0.15, 0.2) is 18.2 Å². The van der Waals surface area contributed by atoms with E-state index in [1.54, 1.807) is 7.11 Å². The zero-order valence-electron chi connectivity index (χ0n) is 9.83. The lowest BCUT2D eigenvalue weighted by Gasteiger charge is -2.23. The number of rotatable bonds is 2. The monoisotopic (exact) mass is 214 g/mol. The summed E-state index contributed by atoms with van der Waals surface area (Å²) in [6.07, 6.45) is 12.0. The van der Waals surface area contributed by atoms with Crippen molar-refractivity contribution in [1.82, 2.24) is 0 Å². The number of hydrogen-bond donors (Lipinski definition) is 0. The van der Waals surface area contributed by atoms with Crippen molar-refractivity contribution in [2.75, 3.05) is 7.11 Å². The van der Waals surface area contributed by atoms with Gasteiger partial charge in [0.05, 0.1) is 7.11 Å². The van der Waals surface area contributed by atoms with E-state index in [9.17, 15) is 0 Å². The average Bonchev–Trinajstić information content (AvgIpc) is 2.39. The molecule has 0 atom stereocenters. The highest BCUT2D eigenvalue weighted by molar-refractivity contribution is 5.45. The maximum Gasteiger partial charge on any atom is 0.123 e. The van der Waals surface area contributed by atoms with Crippen molar-refractivity contribution in [3.63, 3.8) is 0 Å². The highest BCUT2D eigenvalue weighted by Gasteiger charge is 2.18. The fourth-order valence-corrected chi connectivity index (χ4v) is 2.55. The van der Waals surface area contributed by atoms with Crippen molar-refractivity contribution in [2.45, 2.75) is 38.0 Å². The van der Waals surface area contributed by atoms with Gasteiger partial charge >= 0.3 is 0 Å². The Morgan fingerprint density at radius 2 is 2.00 bits per heavy atom. The Morgan fingerprint density at radius 3 is 2.62 bits per heavy atom. The molecule has 0 heterocycles. The van der Waals surface area contributed by atoms with Crippen LogP contribution in [0.1, 0.15) is 49.1 Å². The molecule has 1 nitrogen and oxygen atoms in total. The van der Waals surface area contributed by atoms with Crippen LogP contribution in [0.5, 0.6) is 5.75 Å². The van der Waals surface area contributed by atoms with E-state index < -0.39 is 0 Å². The van der Waals surface area contributed by atoms with Crippen LogP contribution in [0.2, 0.25) is 0 Å². The SMILES string of the molecule is C#Cc1ccc(C2CCCCC2)c(OC)c1. The van der Waals surface area contributed by atoms with Gasteiger partial charge in [-0.15, -0.1) is 6.42 Å². The number of benzene rings is 1. The summed E-state index contributed by atoms with van der Waals surface area (Å²) in [7, 11) is 1.72. The van der Waals surface area contributed by atoms with Gasteiger partial charge in [-0.3, -0.25) is 0 Å². The van der Waals surface area contributed by atoms with E-state index in [0.29, 0.717) is 5.92 Å². The summed E-state index contributed by atoms with van der Waals surface area (Å²) >= 11 is 0. The molecule has 0 spiro atoms. The molecule has 84 valence electrons. The minimum atomic E-state index is 0.663. The van der Waals surface area contributed by atoms with Crippen LogP contribution in [-0.4, -0.2) is 7.11 Å². The summed E-state index contributed by atoms with van der Waals surface area (Å²) in [5.41, 5.74) is 2.23. The van der Waals surface area contributed by atoms with Gasteiger partial charge in [-0.25, -0.2) is 0 Å². The van der Waals surface area contributed by atoms with Crippen LogP contribution in [0, 0.1) is 12.3 Å². The molecule has 0 unspecified atom stereocenters. The first-order chi connectivity index (χ1) is 7.85. The maximum absolute atomic E-state index is 5.45. The lowest BCUT2D eigenvalue weighted by molar-refractivity contribution is 0.387. The van der Waals surface area contributed by atoms with Crippen molar-refractivity contribution >= 4 is 0 Å². The first-order valence-electron chi connectivity index (χ1n) is 5.99. The molecule has 1 aromatic rings. The summed E-state index contributed by atoms with van der Waals surface area (Å²) < 4.78 is 5.45. The smallest absolute Gasteiger partial charge is 0.123 e. The molecule has 16 heavy (non-hydrogen) atoms. The number of ether oxygens (including phenoxy) is 1. The van der Waals surface area contributed by atoms with E-state index in [1.807, 2.05) is 12.1 Å². The van der Waals surface area contributed by atoms with Gasteiger partial charge in [0.25, 0.3) is 0 Å². The highest BCUT2D eigenvalue weighted by Crippen LogP contribution is 2.37. The second kappa shape index (κ2) is 5.07. The van der Waals surface area contributed by atoms with Gasteiger partial charge in [0.2, 0.25) is 0 Å². The Labute approximate surface area is 97.8 Å². The summed E-state index contributed by atoms with van der Waals surface area (Å²) in [5.74, 6) is 4.27. The van der Waals surface area contributed by atoms with Gasteiger partial charge in [-0.2, -0.15) is 0 Å². The molecule has 0 radical (unpaired) electrons. The van der Waals surface area contributed by atoms with Gasteiger partial charge in [0.1, 0.15) is 5.75 Å². The van der Waals surface area contributed by atoms with Gasteiger partial charge < -0.3 is 4.74 Å². The van der Waals surface area contributed by atoms with Crippen LogP contribution >= 0.6 is 0 Å². The molecule has 2 rings (SSSR count). The third-order valence-corrected chi connectivity index (χ3v) is 3.45. The molecule has 0 amide bonds. The Hall–Kier alpha value is -1.42. The molecule has 0 aromatic heterocycles. The molecule has 0 N–H and O–H groups in total. The largest absolute Gasteiger partial charge is 0.496 e. The standard InChI is InChI=1S/C15H18O/c1-3-12-9-10-14(15(11-12)16-2)13-7-5-4-6-8-13/h1,9-11,13H,4-8H2,2H3. The Bertz CT molecular complexity index is 394. The normalized spacial score (nSPS) is 16.8. The van der Waals surface area contributed by atoms with Crippen LogP contribution in [-0.2, 0) is 0 Å². The van der Waals surface area contributed by atoms with Crippen molar-refractivity contribution in [1.29, 1.82) is 0 Å². The lowest BCUT2D eigenvalue weighted by Crippen LogP contribution is -2.06. The molecule has 1 aliphatic rings. The Kier molecular flexibility index (Phi) is 3.51. The van der Waals surface area contributed by atoms with Crippen molar-refractivity contribution in [2.24, 2.45) is 0 Å². The molecule has 1 aromatic carbocycles. The Balaban J connectivity index is 2.29. The lowest BCUT2D eigenvalue weighted by atomic mass is 9.83. The van der Waals surface area contributed by atoms with Gasteiger partial charge in [-0.05, 0) is 36.5 Å². The molecular weight excluding hydrogens is 196 g/mol.